The molecule has 2 aliphatic heterocycles. The highest BCUT2D eigenvalue weighted by atomic mass is 35.5. The number of benzene rings is 2. The summed E-state index contributed by atoms with van der Waals surface area (Å²) in [6.45, 7) is 4.69. The number of carbonyl (C=O) groups excluding carboxylic acids is 1. The van der Waals surface area contributed by atoms with Crippen molar-refractivity contribution in [2.45, 2.75) is 25.3 Å². The van der Waals surface area contributed by atoms with Gasteiger partial charge in [-0.25, -0.2) is 9.97 Å². The highest BCUT2D eigenvalue weighted by Gasteiger charge is 2.29. The van der Waals surface area contributed by atoms with Crippen LogP contribution in [0.3, 0.4) is 0 Å². The van der Waals surface area contributed by atoms with Crippen molar-refractivity contribution in [3.05, 3.63) is 76.1 Å². The molecule has 1 aromatic heterocycles. The lowest BCUT2D eigenvalue weighted by atomic mass is 9.82. The number of hydrogen-bond acceptors (Lipinski definition) is 7. The highest BCUT2D eigenvalue weighted by Crippen LogP contribution is 2.34. The first-order valence-electron chi connectivity index (χ1n) is 11.6. The molecular weight excluding hydrogens is 452 g/mol. The van der Waals surface area contributed by atoms with Crippen LogP contribution in [0.4, 0.5) is 5.95 Å². The Morgan fingerprint density at radius 1 is 0.971 bits per heavy atom. The summed E-state index contributed by atoms with van der Waals surface area (Å²) in [6, 6.07) is 13.9. The molecule has 7 nitrogen and oxygen atoms in total. The first kappa shape index (κ1) is 21.4. The maximum absolute atomic E-state index is 12.8. The first-order valence-corrected chi connectivity index (χ1v) is 12.0. The van der Waals surface area contributed by atoms with Crippen LogP contribution >= 0.6 is 11.6 Å². The highest BCUT2D eigenvalue weighted by molar-refractivity contribution is 6.30. The Bertz CT molecular complexity index is 1230. The van der Waals surface area contributed by atoms with Gasteiger partial charge in [0.05, 0.1) is 11.3 Å². The molecule has 0 spiro atoms. The molecule has 0 saturated carbocycles. The van der Waals surface area contributed by atoms with Crippen LogP contribution in [0.2, 0.25) is 5.02 Å². The molecule has 6 rings (SSSR count). The molecule has 0 radical (unpaired) electrons. The molecule has 0 unspecified atom stereocenters. The van der Waals surface area contributed by atoms with Gasteiger partial charge in [0.1, 0.15) is 0 Å². The van der Waals surface area contributed by atoms with Gasteiger partial charge in [0.25, 0.3) is 0 Å². The topological polar surface area (TPSA) is 67.8 Å². The molecule has 0 bridgehead atoms. The fourth-order valence-corrected chi connectivity index (χ4v) is 5.09. The normalized spacial score (nSPS) is 19.9. The van der Waals surface area contributed by atoms with Gasteiger partial charge in [-0.15, -0.1) is 0 Å². The number of nitrogens with zero attached hydrogens (tertiary/aromatic N) is 4. The van der Waals surface area contributed by atoms with E-state index >= 15 is 0 Å². The van der Waals surface area contributed by atoms with E-state index in [1.807, 2.05) is 30.3 Å². The van der Waals surface area contributed by atoms with E-state index in [1.165, 1.54) is 5.56 Å². The van der Waals surface area contributed by atoms with E-state index in [9.17, 15) is 4.79 Å². The molecule has 174 valence electrons. The quantitative estimate of drug-likeness (QED) is 0.561. The summed E-state index contributed by atoms with van der Waals surface area (Å²) in [5, 5.41) is 0.702. The monoisotopic (exact) mass is 476 g/mol. The Balaban J connectivity index is 1.12. The standard InChI is InChI=1S/C26H25ClN4O3/c27-20-4-2-18(3-5-20)19-12-22-21(23(32)13-19)14-28-26(29-22)31-9-7-30(8-10-31)15-17-1-6-24-25(11-17)34-16-33-24/h1-6,11,14,19H,7-10,12-13,15-16H2/t19-/m1/s1. The minimum Gasteiger partial charge on any atom is -0.454 e. The van der Waals surface area contributed by atoms with Gasteiger partial charge in [-0.2, -0.15) is 0 Å². The molecule has 1 saturated heterocycles. The smallest absolute Gasteiger partial charge is 0.231 e. The molecule has 1 aliphatic carbocycles. The SMILES string of the molecule is O=C1C[C@H](c2ccc(Cl)cc2)Cc2nc(N3CCN(Cc4ccc5c(c4)OCO5)CC3)ncc21. The molecule has 0 N–H and O–H groups in total. The summed E-state index contributed by atoms with van der Waals surface area (Å²) >= 11 is 6.04. The van der Waals surface area contributed by atoms with Crippen LogP contribution in [-0.2, 0) is 13.0 Å². The molecule has 3 aliphatic rings. The third kappa shape index (κ3) is 4.21. The molecule has 3 aromatic rings. The zero-order valence-electron chi connectivity index (χ0n) is 18.7. The molecule has 0 amide bonds. The minimum absolute atomic E-state index is 0.112. The van der Waals surface area contributed by atoms with Crippen LogP contribution in [0.5, 0.6) is 11.5 Å². The number of hydrogen-bond donors (Lipinski definition) is 0. The third-order valence-corrected chi connectivity index (χ3v) is 7.12. The van der Waals surface area contributed by atoms with Gasteiger partial charge in [-0.1, -0.05) is 29.8 Å². The Morgan fingerprint density at radius 2 is 1.76 bits per heavy atom. The summed E-state index contributed by atoms with van der Waals surface area (Å²) in [6.07, 6.45) is 2.94. The number of piperazine rings is 1. The third-order valence-electron chi connectivity index (χ3n) is 6.87. The van der Waals surface area contributed by atoms with E-state index in [2.05, 4.69) is 26.9 Å². The van der Waals surface area contributed by atoms with Gasteiger partial charge >= 0.3 is 0 Å². The molecule has 1 fully saturated rings. The fraction of sp³-hybridized carbons (Fsp3) is 0.346. The summed E-state index contributed by atoms with van der Waals surface area (Å²) in [4.78, 5) is 26.8. The van der Waals surface area contributed by atoms with Gasteiger partial charge < -0.3 is 14.4 Å². The predicted octanol–water partition coefficient (Wildman–Crippen LogP) is 4.09. The van der Waals surface area contributed by atoms with Crippen LogP contribution in [0, 0.1) is 0 Å². The summed E-state index contributed by atoms with van der Waals surface area (Å²) < 4.78 is 10.9. The zero-order valence-corrected chi connectivity index (χ0v) is 19.5. The van der Waals surface area contributed by atoms with E-state index < -0.39 is 0 Å². The molecule has 3 heterocycles. The Labute approximate surface area is 203 Å². The average Bonchev–Trinajstić information content (AvgIpc) is 3.33. The largest absolute Gasteiger partial charge is 0.454 e. The summed E-state index contributed by atoms with van der Waals surface area (Å²) in [5.74, 6) is 2.59. The zero-order chi connectivity index (χ0) is 23.1. The van der Waals surface area contributed by atoms with E-state index in [0.29, 0.717) is 29.7 Å². The predicted molar refractivity (Wildman–Crippen MR) is 129 cm³/mol. The number of ketones is 1. The molecule has 1 atom stereocenters. The van der Waals surface area contributed by atoms with Crippen molar-refractivity contribution in [3.63, 3.8) is 0 Å². The van der Waals surface area contributed by atoms with Crippen LogP contribution in [0.25, 0.3) is 0 Å². The Hall–Kier alpha value is -3.16. The maximum atomic E-state index is 12.8. The van der Waals surface area contributed by atoms with Crippen LogP contribution < -0.4 is 14.4 Å². The van der Waals surface area contributed by atoms with Crippen LogP contribution in [0.1, 0.15) is 39.5 Å². The number of Topliss-reactive ketones (excluding diaryl/α,β-unsaturated/α-hetero) is 1. The van der Waals surface area contributed by atoms with E-state index in [-0.39, 0.29) is 11.7 Å². The maximum Gasteiger partial charge on any atom is 0.231 e. The van der Waals surface area contributed by atoms with Crippen LogP contribution in [0.15, 0.2) is 48.7 Å². The number of aromatic nitrogens is 2. The number of anilines is 1. The van der Waals surface area contributed by atoms with E-state index in [0.717, 1.165) is 61.9 Å². The van der Waals surface area contributed by atoms with Gasteiger partial charge in [0.2, 0.25) is 12.7 Å². The molecule has 8 heteroatoms. The molecule has 2 aromatic carbocycles. The Kier molecular flexibility index (Phi) is 5.59. The van der Waals surface area contributed by atoms with Gasteiger partial charge in [0.15, 0.2) is 17.3 Å². The summed E-state index contributed by atoms with van der Waals surface area (Å²) in [7, 11) is 0. The fourth-order valence-electron chi connectivity index (χ4n) is 4.96. The second-order valence-corrected chi connectivity index (χ2v) is 9.50. The average molecular weight is 477 g/mol. The number of fused-ring (bicyclic) bond motifs is 2. The lowest BCUT2D eigenvalue weighted by Gasteiger charge is -2.35. The first-order chi connectivity index (χ1) is 16.6. The van der Waals surface area contributed by atoms with Crippen molar-refractivity contribution in [2.75, 3.05) is 37.9 Å². The van der Waals surface area contributed by atoms with Crippen molar-refractivity contribution in [1.82, 2.24) is 14.9 Å². The van der Waals surface area contributed by atoms with Crippen molar-refractivity contribution < 1.29 is 14.3 Å². The van der Waals surface area contributed by atoms with Crippen molar-refractivity contribution in [1.29, 1.82) is 0 Å². The number of carbonyl (C=O) groups is 1. The van der Waals surface area contributed by atoms with Gasteiger partial charge in [-0.05, 0) is 47.7 Å². The number of halogens is 1. The van der Waals surface area contributed by atoms with Crippen molar-refractivity contribution in [3.8, 4) is 11.5 Å². The molecular formula is C26H25ClN4O3. The number of rotatable bonds is 4. The minimum atomic E-state index is 0.112. The second kappa shape index (κ2) is 8.89. The molecule has 34 heavy (non-hydrogen) atoms. The van der Waals surface area contributed by atoms with Crippen molar-refractivity contribution >= 4 is 23.3 Å². The van der Waals surface area contributed by atoms with Gasteiger partial charge in [-0.3, -0.25) is 9.69 Å². The van der Waals surface area contributed by atoms with E-state index in [1.54, 1.807) is 6.20 Å². The second-order valence-electron chi connectivity index (χ2n) is 9.06. The van der Waals surface area contributed by atoms with Crippen LogP contribution in [-0.4, -0.2) is 53.6 Å². The van der Waals surface area contributed by atoms with E-state index in [4.69, 9.17) is 26.1 Å². The van der Waals surface area contributed by atoms with Gasteiger partial charge in [0, 0.05) is 50.4 Å². The lowest BCUT2D eigenvalue weighted by Crippen LogP contribution is -2.46. The lowest BCUT2D eigenvalue weighted by molar-refractivity contribution is 0.0962. The Morgan fingerprint density at radius 3 is 2.59 bits per heavy atom. The summed E-state index contributed by atoms with van der Waals surface area (Å²) in [5.41, 5.74) is 3.86. The number of ether oxygens (including phenoxy) is 2. The van der Waals surface area contributed by atoms with Crippen molar-refractivity contribution in [2.24, 2.45) is 0 Å².